The first kappa shape index (κ1) is 13.8. The number of aryl methyl sites for hydroxylation is 1. The third-order valence-electron chi connectivity index (χ3n) is 3.80. The molecule has 0 atom stereocenters. The first-order valence-corrected chi connectivity index (χ1v) is 7.32. The van der Waals surface area contributed by atoms with Gasteiger partial charge in [-0.1, -0.05) is 11.6 Å². The highest BCUT2D eigenvalue weighted by molar-refractivity contribution is 6.33. The number of nitrogen functional groups attached to an aromatic ring is 1. The average Bonchev–Trinajstić information content (AvgIpc) is 2.86. The molecule has 0 aliphatic carbocycles. The van der Waals surface area contributed by atoms with Crippen molar-refractivity contribution >= 4 is 39.4 Å². The molecule has 0 amide bonds. The number of aromatic amines is 1. The monoisotopic (exact) mass is 325 g/mol. The summed E-state index contributed by atoms with van der Waals surface area (Å²) < 4.78 is 1.87. The number of fused-ring (bicyclic) bond motifs is 2. The smallest absolute Gasteiger partial charge is 0.275 e. The van der Waals surface area contributed by atoms with Crippen molar-refractivity contribution in [3.05, 3.63) is 52.0 Å². The van der Waals surface area contributed by atoms with E-state index in [-0.39, 0.29) is 5.56 Å². The maximum Gasteiger partial charge on any atom is 0.275 e. The van der Waals surface area contributed by atoms with E-state index in [0.717, 1.165) is 16.6 Å². The van der Waals surface area contributed by atoms with Crippen molar-refractivity contribution in [1.29, 1.82) is 0 Å². The molecule has 3 heterocycles. The molecular formula is C16H12ClN5O. The molecule has 1 aromatic carbocycles. The highest BCUT2D eigenvalue weighted by Crippen LogP contribution is 2.28. The Morgan fingerprint density at radius 1 is 1.35 bits per heavy atom. The predicted octanol–water partition coefficient (Wildman–Crippen LogP) is 2.71. The van der Waals surface area contributed by atoms with Crippen molar-refractivity contribution < 1.29 is 0 Å². The SMILES string of the molecule is Cn1cc(-c2nc3cc(Cl)c(N)cc3[nH]c2=O)c2cccnc21. The molecule has 0 radical (unpaired) electrons. The fourth-order valence-corrected chi connectivity index (χ4v) is 2.87. The zero-order valence-corrected chi connectivity index (χ0v) is 12.9. The van der Waals surface area contributed by atoms with Crippen LogP contribution in [0.15, 0.2) is 41.5 Å². The number of benzene rings is 1. The summed E-state index contributed by atoms with van der Waals surface area (Å²) in [5.41, 5.74) is 8.88. The Hall–Kier alpha value is -2.86. The molecule has 0 unspecified atom stereocenters. The number of rotatable bonds is 1. The van der Waals surface area contributed by atoms with Gasteiger partial charge in [0.1, 0.15) is 11.3 Å². The van der Waals surface area contributed by atoms with E-state index in [4.69, 9.17) is 17.3 Å². The molecule has 4 rings (SSSR count). The highest BCUT2D eigenvalue weighted by Gasteiger charge is 2.15. The van der Waals surface area contributed by atoms with Crippen LogP contribution in [0.4, 0.5) is 5.69 Å². The van der Waals surface area contributed by atoms with Gasteiger partial charge in [0.25, 0.3) is 5.56 Å². The van der Waals surface area contributed by atoms with E-state index in [0.29, 0.717) is 27.4 Å². The Kier molecular flexibility index (Phi) is 2.89. The summed E-state index contributed by atoms with van der Waals surface area (Å²) in [5, 5.41) is 1.27. The van der Waals surface area contributed by atoms with Gasteiger partial charge in [0, 0.05) is 30.4 Å². The minimum absolute atomic E-state index is 0.282. The number of nitrogens with zero attached hydrogens (tertiary/aromatic N) is 3. The Balaban J connectivity index is 2.06. The van der Waals surface area contributed by atoms with E-state index in [1.54, 1.807) is 18.3 Å². The molecule has 114 valence electrons. The van der Waals surface area contributed by atoms with E-state index in [1.165, 1.54) is 0 Å². The van der Waals surface area contributed by atoms with Gasteiger partial charge in [0.05, 0.1) is 21.7 Å². The summed E-state index contributed by atoms with van der Waals surface area (Å²) in [6.07, 6.45) is 3.56. The number of pyridine rings is 1. The number of nitrogens with one attached hydrogen (secondary N) is 1. The average molecular weight is 326 g/mol. The normalized spacial score (nSPS) is 11.4. The molecule has 3 aromatic heterocycles. The third kappa shape index (κ3) is 2.07. The van der Waals surface area contributed by atoms with Crippen LogP contribution in [0.25, 0.3) is 33.3 Å². The molecule has 0 spiro atoms. The molecule has 4 aromatic rings. The van der Waals surface area contributed by atoms with Gasteiger partial charge in [0.15, 0.2) is 0 Å². The van der Waals surface area contributed by atoms with Crippen LogP contribution >= 0.6 is 11.6 Å². The van der Waals surface area contributed by atoms with Crippen molar-refractivity contribution in [3.63, 3.8) is 0 Å². The molecule has 0 saturated carbocycles. The molecular weight excluding hydrogens is 314 g/mol. The standard InChI is InChI=1S/C16H12ClN5O/c1-22-7-9(8-3-2-4-19-15(8)22)14-16(23)21-13-6-11(18)10(17)5-12(13)20-14/h2-7H,18H2,1H3,(H,21,23). The Morgan fingerprint density at radius 2 is 2.17 bits per heavy atom. The van der Waals surface area contributed by atoms with E-state index in [9.17, 15) is 4.79 Å². The van der Waals surface area contributed by atoms with Crippen LogP contribution in [0, 0.1) is 0 Å². The largest absolute Gasteiger partial charge is 0.397 e. The quantitative estimate of drug-likeness (QED) is 0.526. The van der Waals surface area contributed by atoms with Gasteiger partial charge in [-0.25, -0.2) is 9.97 Å². The molecule has 7 heteroatoms. The van der Waals surface area contributed by atoms with Gasteiger partial charge in [-0.2, -0.15) is 0 Å². The molecule has 0 fully saturated rings. The van der Waals surface area contributed by atoms with Crippen LogP contribution in [-0.2, 0) is 7.05 Å². The maximum atomic E-state index is 12.5. The second-order valence-corrected chi connectivity index (χ2v) is 5.74. The summed E-state index contributed by atoms with van der Waals surface area (Å²) >= 11 is 6.05. The number of nitrogens with two attached hydrogens (primary N) is 1. The van der Waals surface area contributed by atoms with Crippen LogP contribution in [0.3, 0.4) is 0 Å². The highest BCUT2D eigenvalue weighted by atomic mass is 35.5. The third-order valence-corrected chi connectivity index (χ3v) is 4.13. The molecule has 3 N–H and O–H groups in total. The van der Waals surface area contributed by atoms with Crippen molar-refractivity contribution in [2.24, 2.45) is 7.05 Å². The summed E-state index contributed by atoms with van der Waals surface area (Å²) in [7, 11) is 1.88. The zero-order chi connectivity index (χ0) is 16.1. The fraction of sp³-hybridized carbons (Fsp3) is 0.0625. The van der Waals surface area contributed by atoms with Crippen LogP contribution < -0.4 is 11.3 Å². The lowest BCUT2D eigenvalue weighted by Gasteiger charge is -2.04. The zero-order valence-electron chi connectivity index (χ0n) is 12.2. The number of halogens is 1. The number of hydrogen-bond acceptors (Lipinski definition) is 4. The predicted molar refractivity (Wildman–Crippen MR) is 91.5 cm³/mol. The van der Waals surface area contributed by atoms with Crippen molar-refractivity contribution in [2.75, 3.05) is 5.73 Å². The first-order valence-electron chi connectivity index (χ1n) is 6.94. The molecule has 23 heavy (non-hydrogen) atoms. The Morgan fingerprint density at radius 3 is 3.00 bits per heavy atom. The van der Waals surface area contributed by atoms with Gasteiger partial charge in [-0.3, -0.25) is 4.79 Å². The molecule has 0 aliphatic heterocycles. The summed E-state index contributed by atoms with van der Waals surface area (Å²) in [6, 6.07) is 7.01. The lowest BCUT2D eigenvalue weighted by Crippen LogP contribution is -2.11. The van der Waals surface area contributed by atoms with Crippen LogP contribution in [-0.4, -0.2) is 19.5 Å². The summed E-state index contributed by atoms with van der Waals surface area (Å²) in [4.78, 5) is 24.1. The fourth-order valence-electron chi connectivity index (χ4n) is 2.71. The topological polar surface area (TPSA) is 89.6 Å². The molecule has 6 nitrogen and oxygen atoms in total. The van der Waals surface area contributed by atoms with Crippen molar-refractivity contribution in [2.45, 2.75) is 0 Å². The maximum absolute atomic E-state index is 12.5. The number of hydrogen-bond donors (Lipinski definition) is 2. The number of aromatic nitrogens is 4. The Labute approximate surface area is 135 Å². The van der Waals surface area contributed by atoms with Crippen LogP contribution in [0.1, 0.15) is 0 Å². The Bertz CT molecular complexity index is 1130. The van der Waals surface area contributed by atoms with Gasteiger partial charge >= 0.3 is 0 Å². The van der Waals surface area contributed by atoms with E-state index in [1.807, 2.05) is 29.9 Å². The minimum atomic E-state index is -0.282. The molecule has 0 saturated heterocycles. The van der Waals surface area contributed by atoms with Gasteiger partial charge < -0.3 is 15.3 Å². The van der Waals surface area contributed by atoms with Gasteiger partial charge in [-0.05, 0) is 24.3 Å². The summed E-state index contributed by atoms with van der Waals surface area (Å²) in [5.74, 6) is 0. The van der Waals surface area contributed by atoms with Crippen molar-refractivity contribution in [1.82, 2.24) is 19.5 Å². The summed E-state index contributed by atoms with van der Waals surface area (Å²) in [6.45, 7) is 0. The van der Waals surface area contributed by atoms with E-state index in [2.05, 4.69) is 15.0 Å². The second-order valence-electron chi connectivity index (χ2n) is 5.33. The second kappa shape index (κ2) is 4.82. The van der Waals surface area contributed by atoms with Gasteiger partial charge in [-0.15, -0.1) is 0 Å². The lowest BCUT2D eigenvalue weighted by atomic mass is 10.1. The number of H-pyrrole nitrogens is 1. The van der Waals surface area contributed by atoms with Crippen LogP contribution in [0.5, 0.6) is 0 Å². The minimum Gasteiger partial charge on any atom is -0.397 e. The molecule has 0 aliphatic rings. The first-order chi connectivity index (χ1) is 11.0. The van der Waals surface area contributed by atoms with Gasteiger partial charge in [0.2, 0.25) is 0 Å². The molecule has 0 bridgehead atoms. The lowest BCUT2D eigenvalue weighted by molar-refractivity contribution is 0.948. The van der Waals surface area contributed by atoms with Crippen LogP contribution in [0.2, 0.25) is 5.02 Å². The van der Waals surface area contributed by atoms with Crippen molar-refractivity contribution in [3.8, 4) is 11.3 Å². The van der Waals surface area contributed by atoms with E-state index < -0.39 is 0 Å². The van der Waals surface area contributed by atoms with E-state index >= 15 is 0 Å². The number of anilines is 1.